The molecular weight excluding hydrogens is 353 g/mol. The van der Waals surface area contributed by atoms with E-state index in [4.69, 9.17) is 34.8 Å². The Bertz CT molecular complexity index is 808. The molecular formula is C12H10Cl3N5S. The van der Waals surface area contributed by atoms with Crippen LogP contribution in [0.25, 0.3) is 0 Å². The molecule has 2 heterocycles. The van der Waals surface area contributed by atoms with Gasteiger partial charge in [0.15, 0.2) is 0 Å². The highest BCUT2D eigenvalue weighted by molar-refractivity contribution is 7.58. The lowest BCUT2D eigenvalue weighted by Crippen LogP contribution is -2.02. The van der Waals surface area contributed by atoms with E-state index in [0.29, 0.717) is 38.8 Å². The molecule has 0 saturated heterocycles. The predicted octanol–water partition coefficient (Wildman–Crippen LogP) is 5.03. The van der Waals surface area contributed by atoms with Gasteiger partial charge in [-0.25, -0.2) is 0 Å². The minimum absolute atomic E-state index is 0.491. The van der Waals surface area contributed by atoms with E-state index in [-0.39, 0.29) is 0 Å². The molecule has 0 aliphatic carbocycles. The molecule has 1 aromatic carbocycles. The molecule has 9 heteroatoms. The van der Waals surface area contributed by atoms with E-state index in [1.54, 1.807) is 17.8 Å². The Labute approximate surface area is 140 Å². The van der Waals surface area contributed by atoms with Gasteiger partial charge < -0.3 is 5.32 Å². The molecule has 3 rings (SSSR count). The Kier molecular flexibility index (Phi) is 3.96. The summed E-state index contributed by atoms with van der Waals surface area (Å²) in [5.41, 5.74) is 3.79. The van der Waals surface area contributed by atoms with Gasteiger partial charge in [-0.15, -0.1) is 0 Å². The Hall–Kier alpha value is -1.08. The van der Waals surface area contributed by atoms with Crippen LogP contribution in [0.4, 0.5) is 17.1 Å². The second-order valence-corrected chi connectivity index (χ2v) is 6.21. The number of fused-ring (bicyclic) bond motifs is 1. The van der Waals surface area contributed by atoms with Gasteiger partial charge in [-0.2, -0.15) is 13.8 Å². The largest absolute Gasteiger partial charge is 0.378 e. The minimum atomic E-state index is 0.491. The highest BCUT2D eigenvalue weighted by Gasteiger charge is 2.19. The van der Waals surface area contributed by atoms with Crippen LogP contribution in [-0.4, -0.2) is 9.78 Å². The first-order chi connectivity index (χ1) is 9.99. The van der Waals surface area contributed by atoms with Crippen LogP contribution in [0.3, 0.4) is 0 Å². The van der Waals surface area contributed by atoms with Gasteiger partial charge >= 0.3 is 0 Å². The molecule has 0 amide bonds. The normalized spacial score (nSPS) is 12.4. The smallest absolute Gasteiger partial charge is 0.131 e. The third kappa shape index (κ3) is 2.57. The van der Waals surface area contributed by atoms with Crippen molar-refractivity contribution in [3.63, 3.8) is 0 Å². The Balaban J connectivity index is 1.94. The van der Waals surface area contributed by atoms with Crippen molar-refractivity contribution in [1.29, 1.82) is 0 Å². The quantitative estimate of drug-likeness (QED) is 0.710. The Morgan fingerprint density at radius 2 is 1.90 bits per heavy atom. The molecule has 2 aromatic rings. The zero-order valence-electron chi connectivity index (χ0n) is 11.1. The summed E-state index contributed by atoms with van der Waals surface area (Å²) in [5.74, 6) is 0. The van der Waals surface area contributed by atoms with Crippen LogP contribution in [0, 0.1) is 6.92 Å². The second kappa shape index (κ2) is 5.61. The van der Waals surface area contributed by atoms with Gasteiger partial charge in [-0.3, -0.25) is 4.68 Å². The van der Waals surface area contributed by atoms with E-state index < -0.39 is 0 Å². The standard InChI is InChI=1S/C12H10Cl3N5S/c1-5-6(12(15)20(2)17-5)4-16-9-7(13)3-8(14)10-11(9)19-21-18-10/h3,16H,4H2,1-2H3. The van der Waals surface area contributed by atoms with Crippen LogP contribution in [0.5, 0.6) is 0 Å². The molecule has 0 saturated carbocycles. The van der Waals surface area contributed by atoms with E-state index in [9.17, 15) is 0 Å². The average molecular weight is 363 g/mol. The van der Waals surface area contributed by atoms with Crippen molar-refractivity contribution in [3.05, 3.63) is 32.5 Å². The molecule has 1 aliphatic rings. The van der Waals surface area contributed by atoms with E-state index in [1.807, 2.05) is 6.92 Å². The number of rotatable bonds is 3. The zero-order valence-corrected chi connectivity index (χ0v) is 14.2. The van der Waals surface area contributed by atoms with Crippen molar-refractivity contribution in [2.75, 3.05) is 5.32 Å². The number of aryl methyl sites for hydroxylation is 2. The van der Waals surface area contributed by atoms with Crippen LogP contribution in [0.2, 0.25) is 15.2 Å². The summed E-state index contributed by atoms with van der Waals surface area (Å²) in [7, 11) is 1.80. The fourth-order valence-corrected chi connectivity index (χ4v) is 3.51. The molecule has 0 unspecified atom stereocenters. The summed E-state index contributed by atoms with van der Waals surface area (Å²) in [5, 5.41) is 9.12. The molecule has 0 spiro atoms. The topological polar surface area (TPSA) is 54.6 Å². The number of halogens is 3. The summed E-state index contributed by atoms with van der Waals surface area (Å²) in [6, 6.07) is 1.66. The molecule has 0 fully saturated rings. The fourth-order valence-electron chi connectivity index (χ4n) is 2.09. The van der Waals surface area contributed by atoms with Gasteiger partial charge in [0, 0.05) is 19.2 Å². The average Bonchev–Trinajstić information content (AvgIpc) is 2.99. The highest BCUT2D eigenvalue weighted by Crippen LogP contribution is 2.47. The van der Waals surface area contributed by atoms with Crippen LogP contribution >= 0.6 is 34.8 Å². The van der Waals surface area contributed by atoms with E-state index >= 15 is 0 Å². The first-order valence-electron chi connectivity index (χ1n) is 6.01. The number of anilines is 1. The number of benzene rings is 1. The van der Waals surface area contributed by atoms with E-state index in [0.717, 1.165) is 22.6 Å². The monoisotopic (exact) mass is 361 g/mol. The molecule has 1 aliphatic heterocycles. The lowest BCUT2D eigenvalue weighted by molar-refractivity contribution is 0.757. The molecule has 0 bridgehead atoms. The fraction of sp³-hybridized carbons (Fsp3) is 0.250. The minimum Gasteiger partial charge on any atom is -0.378 e. The number of nitrogens with one attached hydrogen (secondary N) is 1. The predicted molar refractivity (Wildman–Crippen MR) is 88.3 cm³/mol. The molecule has 0 radical (unpaired) electrons. The maximum absolute atomic E-state index is 6.25. The summed E-state index contributed by atoms with van der Waals surface area (Å²) in [4.78, 5) is 0. The first-order valence-corrected chi connectivity index (χ1v) is 7.87. The summed E-state index contributed by atoms with van der Waals surface area (Å²) < 4.78 is 10.1. The molecule has 110 valence electrons. The van der Waals surface area contributed by atoms with Crippen LogP contribution < -0.4 is 5.32 Å². The van der Waals surface area contributed by atoms with Crippen molar-refractivity contribution < 1.29 is 0 Å². The molecule has 21 heavy (non-hydrogen) atoms. The third-order valence-corrected chi connectivity index (χ3v) is 4.74. The zero-order chi connectivity index (χ0) is 15.1. The summed E-state index contributed by atoms with van der Waals surface area (Å²) in [6.45, 7) is 2.40. The van der Waals surface area contributed by atoms with Crippen molar-refractivity contribution in [3.8, 4) is 0 Å². The van der Waals surface area contributed by atoms with Crippen molar-refractivity contribution in [1.82, 2.24) is 9.78 Å². The maximum atomic E-state index is 6.25. The van der Waals surface area contributed by atoms with E-state index in [2.05, 4.69) is 19.1 Å². The summed E-state index contributed by atoms with van der Waals surface area (Å²) in [6.07, 6.45) is 0. The summed E-state index contributed by atoms with van der Waals surface area (Å²) >= 11 is 19.7. The SMILES string of the molecule is Cc1nn(C)c(Cl)c1CNc1c(Cl)cc(Cl)c2c1N=S=N2. The van der Waals surface area contributed by atoms with Gasteiger partial charge in [-0.05, 0) is 13.0 Å². The Morgan fingerprint density at radius 3 is 2.57 bits per heavy atom. The lowest BCUT2D eigenvalue weighted by Gasteiger charge is -2.12. The van der Waals surface area contributed by atoms with E-state index in [1.165, 1.54) is 0 Å². The van der Waals surface area contributed by atoms with Gasteiger partial charge in [0.1, 0.15) is 16.5 Å². The van der Waals surface area contributed by atoms with Gasteiger partial charge in [0.05, 0.1) is 32.8 Å². The van der Waals surface area contributed by atoms with Gasteiger partial charge in [-0.1, -0.05) is 34.8 Å². The van der Waals surface area contributed by atoms with Crippen molar-refractivity contribution in [2.45, 2.75) is 13.5 Å². The number of nitrogens with zero attached hydrogens (tertiary/aromatic N) is 4. The number of aromatic nitrogens is 2. The molecule has 1 N–H and O–H groups in total. The first kappa shape index (κ1) is 14.8. The van der Waals surface area contributed by atoms with Gasteiger partial charge in [0.2, 0.25) is 0 Å². The van der Waals surface area contributed by atoms with Crippen LogP contribution in [0.1, 0.15) is 11.3 Å². The number of hydrogen-bond donors (Lipinski definition) is 1. The van der Waals surface area contributed by atoms with Gasteiger partial charge in [0.25, 0.3) is 0 Å². The second-order valence-electron chi connectivity index (χ2n) is 4.51. The molecule has 1 aromatic heterocycles. The maximum Gasteiger partial charge on any atom is 0.131 e. The molecule has 5 nitrogen and oxygen atoms in total. The van der Waals surface area contributed by atoms with Crippen LogP contribution in [-0.2, 0) is 24.9 Å². The lowest BCUT2D eigenvalue weighted by atomic mass is 10.2. The molecule has 0 atom stereocenters. The highest BCUT2D eigenvalue weighted by atomic mass is 35.5. The third-order valence-electron chi connectivity index (χ3n) is 3.16. The Morgan fingerprint density at radius 1 is 1.19 bits per heavy atom. The van der Waals surface area contributed by atoms with Crippen molar-refractivity contribution >= 4 is 63.2 Å². The van der Waals surface area contributed by atoms with Crippen LogP contribution in [0.15, 0.2) is 14.8 Å². The van der Waals surface area contributed by atoms with Crippen molar-refractivity contribution in [2.24, 2.45) is 15.8 Å². The number of hydrogen-bond acceptors (Lipinski definition) is 4.